The highest BCUT2D eigenvalue weighted by Gasteiger charge is 2.19. The maximum Gasteiger partial charge on any atom is 0.0621 e. The van der Waals surface area contributed by atoms with E-state index in [0.717, 1.165) is 12.3 Å². The van der Waals surface area contributed by atoms with Crippen molar-refractivity contribution in [1.29, 1.82) is 0 Å². The van der Waals surface area contributed by atoms with Crippen molar-refractivity contribution < 1.29 is 0 Å². The van der Waals surface area contributed by atoms with Gasteiger partial charge in [0.2, 0.25) is 0 Å². The molecule has 0 N–H and O–H groups in total. The van der Waals surface area contributed by atoms with Crippen LogP contribution in [0.5, 0.6) is 0 Å². The van der Waals surface area contributed by atoms with Crippen LogP contribution in [0.4, 0.5) is 0 Å². The van der Waals surface area contributed by atoms with Gasteiger partial charge in [0, 0.05) is 6.20 Å². The summed E-state index contributed by atoms with van der Waals surface area (Å²) >= 11 is 0. The molecule has 78 valence electrons. The van der Waals surface area contributed by atoms with Crippen molar-refractivity contribution in [3.05, 3.63) is 18.0 Å². The highest BCUT2D eigenvalue weighted by atomic mass is 15.3. The fourth-order valence-corrected chi connectivity index (χ4v) is 2.28. The van der Waals surface area contributed by atoms with E-state index in [1.807, 2.05) is 0 Å². The predicted molar refractivity (Wildman–Crippen MR) is 58.3 cm³/mol. The average molecular weight is 192 g/mol. The van der Waals surface area contributed by atoms with Crippen molar-refractivity contribution in [3.8, 4) is 0 Å². The maximum absolute atomic E-state index is 4.59. The molecule has 0 radical (unpaired) electrons. The van der Waals surface area contributed by atoms with Crippen LogP contribution in [0.1, 0.15) is 51.3 Å². The Morgan fingerprint density at radius 1 is 1.36 bits per heavy atom. The lowest BCUT2D eigenvalue weighted by Crippen LogP contribution is -2.17. The fourth-order valence-electron chi connectivity index (χ4n) is 2.28. The third-order valence-corrected chi connectivity index (χ3v) is 3.39. The second-order valence-electron chi connectivity index (χ2n) is 4.55. The van der Waals surface area contributed by atoms with Gasteiger partial charge in [0.05, 0.1) is 11.7 Å². The van der Waals surface area contributed by atoms with Gasteiger partial charge in [0.15, 0.2) is 0 Å². The summed E-state index contributed by atoms with van der Waals surface area (Å²) in [5, 5.41) is 4.59. The Labute approximate surface area is 86.3 Å². The SMILES string of the molecule is CCc1ccn([C@H]2CC[C@H](C)CC2)n1. The quantitative estimate of drug-likeness (QED) is 0.703. The number of hydrogen-bond acceptors (Lipinski definition) is 1. The first-order valence-corrected chi connectivity index (χ1v) is 5.83. The molecule has 14 heavy (non-hydrogen) atoms. The number of rotatable bonds is 2. The zero-order chi connectivity index (χ0) is 9.97. The van der Waals surface area contributed by atoms with Crippen LogP contribution in [0.2, 0.25) is 0 Å². The van der Waals surface area contributed by atoms with Crippen molar-refractivity contribution in [2.24, 2.45) is 5.92 Å². The molecule has 0 saturated heterocycles. The first kappa shape index (κ1) is 9.75. The molecule has 0 aliphatic heterocycles. The lowest BCUT2D eigenvalue weighted by molar-refractivity contribution is 0.273. The molecule has 1 fully saturated rings. The van der Waals surface area contributed by atoms with E-state index in [2.05, 4.69) is 35.9 Å². The van der Waals surface area contributed by atoms with Crippen molar-refractivity contribution in [2.75, 3.05) is 0 Å². The van der Waals surface area contributed by atoms with E-state index >= 15 is 0 Å². The molecule has 0 atom stereocenters. The largest absolute Gasteiger partial charge is 0.269 e. The summed E-state index contributed by atoms with van der Waals surface area (Å²) in [5.74, 6) is 0.924. The van der Waals surface area contributed by atoms with Crippen molar-refractivity contribution in [3.63, 3.8) is 0 Å². The van der Waals surface area contributed by atoms with Crippen molar-refractivity contribution in [2.45, 2.75) is 52.0 Å². The van der Waals surface area contributed by atoms with E-state index in [1.54, 1.807) is 0 Å². The zero-order valence-corrected chi connectivity index (χ0v) is 9.24. The van der Waals surface area contributed by atoms with E-state index in [1.165, 1.54) is 31.4 Å². The molecule has 1 aromatic rings. The summed E-state index contributed by atoms with van der Waals surface area (Å²) in [6.07, 6.45) is 8.56. The Balaban J connectivity index is 2.01. The Hall–Kier alpha value is -0.790. The Bertz CT molecular complexity index is 282. The lowest BCUT2D eigenvalue weighted by atomic mass is 9.87. The molecular formula is C12H20N2. The van der Waals surface area contributed by atoms with Crippen molar-refractivity contribution in [1.82, 2.24) is 9.78 Å². The van der Waals surface area contributed by atoms with E-state index in [-0.39, 0.29) is 0 Å². The Morgan fingerprint density at radius 2 is 2.07 bits per heavy atom. The number of nitrogens with zero attached hydrogens (tertiary/aromatic N) is 2. The Kier molecular flexibility index (Phi) is 2.90. The maximum atomic E-state index is 4.59. The van der Waals surface area contributed by atoms with Crippen molar-refractivity contribution >= 4 is 0 Å². The molecule has 1 saturated carbocycles. The first-order chi connectivity index (χ1) is 6.79. The summed E-state index contributed by atoms with van der Waals surface area (Å²) < 4.78 is 2.19. The van der Waals surface area contributed by atoms with E-state index in [4.69, 9.17) is 0 Å². The highest BCUT2D eigenvalue weighted by molar-refractivity contribution is 4.99. The molecule has 0 amide bonds. The fraction of sp³-hybridized carbons (Fsp3) is 0.750. The van der Waals surface area contributed by atoms with Crippen LogP contribution in [0, 0.1) is 5.92 Å². The number of hydrogen-bond donors (Lipinski definition) is 0. The van der Waals surface area contributed by atoms with Gasteiger partial charge in [0.1, 0.15) is 0 Å². The molecule has 1 aliphatic carbocycles. The molecule has 0 bridgehead atoms. The minimum Gasteiger partial charge on any atom is -0.269 e. The van der Waals surface area contributed by atoms with E-state index < -0.39 is 0 Å². The minimum absolute atomic E-state index is 0.673. The molecule has 2 heteroatoms. The molecular weight excluding hydrogens is 172 g/mol. The van der Waals surface area contributed by atoms with E-state index in [9.17, 15) is 0 Å². The van der Waals surface area contributed by atoms with Gasteiger partial charge in [-0.2, -0.15) is 5.10 Å². The third kappa shape index (κ3) is 1.99. The first-order valence-electron chi connectivity index (χ1n) is 5.83. The standard InChI is InChI=1S/C12H20N2/c1-3-11-8-9-14(13-11)12-6-4-10(2)5-7-12/h8-10,12H,3-7H2,1-2H3/t10-,12-. The summed E-state index contributed by atoms with van der Waals surface area (Å²) in [7, 11) is 0. The minimum atomic E-state index is 0.673. The highest BCUT2D eigenvalue weighted by Crippen LogP contribution is 2.31. The zero-order valence-electron chi connectivity index (χ0n) is 9.24. The summed E-state index contributed by atoms with van der Waals surface area (Å²) in [6, 6.07) is 2.82. The monoisotopic (exact) mass is 192 g/mol. The van der Waals surface area contributed by atoms with Crippen LogP contribution in [0.15, 0.2) is 12.3 Å². The average Bonchev–Trinajstić information content (AvgIpc) is 2.67. The van der Waals surface area contributed by atoms with Gasteiger partial charge in [-0.1, -0.05) is 13.8 Å². The second kappa shape index (κ2) is 4.16. The lowest BCUT2D eigenvalue weighted by Gasteiger charge is -2.26. The van der Waals surface area contributed by atoms with Crippen LogP contribution >= 0.6 is 0 Å². The summed E-state index contributed by atoms with van der Waals surface area (Å²) in [6.45, 7) is 4.52. The van der Waals surface area contributed by atoms with Gasteiger partial charge in [0.25, 0.3) is 0 Å². The summed E-state index contributed by atoms with van der Waals surface area (Å²) in [5.41, 5.74) is 1.23. The predicted octanol–water partition coefficient (Wildman–Crippen LogP) is 3.20. The van der Waals surface area contributed by atoms with E-state index in [0.29, 0.717) is 6.04 Å². The number of aryl methyl sites for hydroxylation is 1. The number of aromatic nitrogens is 2. The molecule has 2 rings (SSSR count). The molecule has 1 heterocycles. The molecule has 1 aliphatic rings. The van der Waals surface area contributed by atoms with Gasteiger partial charge in [-0.15, -0.1) is 0 Å². The third-order valence-electron chi connectivity index (χ3n) is 3.39. The van der Waals surface area contributed by atoms with Crippen LogP contribution < -0.4 is 0 Å². The van der Waals surface area contributed by atoms with Crippen LogP contribution in [-0.4, -0.2) is 9.78 Å². The van der Waals surface area contributed by atoms with Crippen LogP contribution in [0.25, 0.3) is 0 Å². The van der Waals surface area contributed by atoms with Gasteiger partial charge >= 0.3 is 0 Å². The normalized spacial score (nSPS) is 27.9. The molecule has 0 spiro atoms. The molecule has 2 nitrogen and oxygen atoms in total. The molecule has 0 aromatic carbocycles. The Morgan fingerprint density at radius 3 is 2.64 bits per heavy atom. The van der Waals surface area contributed by atoms with Crippen LogP contribution in [-0.2, 0) is 6.42 Å². The molecule has 1 aromatic heterocycles. The van der Waals surface area contributed by atoms with Crippen LogP contribution in [0.3, 0.4) is 0 Å². The smallest absolute Gasteiger partial charge is 0.0621 e. The van der Waals surface area contributed by atoms with Gasteiger partial charge in [-0.3, -0.25) is 4.68 Å². The second-order valence-corrected chi connectivity index (χ2v) is 4.55. The van der Waals surface area contributed by atoms with Gasteiger partial charge in [-0.25, -0.2) is 0 Å². The van der Waals surface area contributed by atoms with Gasteiger partial charge in [-0.05, 0) is 44.1 Å². The topological polar surface area (TPSA) is 17.8 Å². The van der Waals surface area contributed by atoms with Gasteiger partial charge < -0.3 is 0 Å². The molecule has 0 unspecified atom stereocenters. The summed E-state index contributed by atoms with van der Waals surface area (Å²) in [4.78, 5) is 0.